The van der Waals surface area contributed by atoms with E-state index in [4.69, 9.17) is 10.0 Å². The molecule has 76 valence electrons. The SMILES string of the molecule is CN(C)S(=O)c1ccc(B(O)O)cc1. The Hall–Kier alpha value is -0.685. The van der Waals surface area contributed by atoms with E-state index in [1.807, 2.05) is 0 Å². The van der Waals surface area contributed by atoms with Crippen LogP contribution in [0.1, 0.15) is 0 Å². The van der Waals surface area contributed by atoms with Crippen molar-refractivity contribution in [1.29, 1.82) is 0 Å². The first-order valence-corrected chi connectivity index (χ1v) is 5.18. The summed E-state index contributed by atoms with van der Waals surface area (Å²) >= 11 is 0. The molecule has 0 spiro atoms. The van der Waals surface area contributed by atoms with E-state index in [-0.39, 0.29) is 0 Å². The molecule has 1 aromatic rings. The summed E-state index contributed by atoms with van der Waals surface area (Å²) in [6.45, 7) is 0. The molecule has 4 nitrogen and oxygen atoms in total. The smallest absolute Gasteiger partial charge is 0.423 e. The maximum Gasteiger partial charge on any atom is 0.488 e. The molecular formula is C8H12BNO3S. The molecule has 0 amide bonds. The number of rotatable bonds is 3. The molecule has 2 N–H and O–H groups in total. The maximum atomic E-state index is 11.5. The van der Waals surface area contributed by atoms with Gasteiger partial charge in [-0.3, -0.25) is 0 Å². The maximum absolute atomic E-state index is 11.5. The van der Waals surface area contributed by atoms with Crippen molar-refractivity contribution < 1.29 is 14.3 Å². The molecule has 0 radical (unpaired) electrons. The van der Waals surface area contributed by atoms with Gasteiger partial charge in [0, 0.05) is 0 Å². The lowest BCUT2D eigenvalue weighted by Gasteiger charge is -2.09. The van der Waals surface area contributed by atoms with E-state index in [0.717, 1.165) is 0 Å². The average molecular weight is 213 g/mol. The summed E-state index contributed by atoms with van der Waals surface area (Å²) in [6, 6.07) is 6.32. The fourth-order valence-corrected chi connectivity index (χ4v) is 1.76. The molecule has 0 fully saturated rings. The average Bonchev–Trinajstić information content (AvgIpc) is 2.16. The number of hydrogen-bond acceptors (Lipinski definition) is 3. The number of hydrogen-bond donors (Lipinski definition) is 2. The lowest BCUT2D eigenvalue weighted by Crippen LogP contribution is -2.29. The fraction of sp³-hybridized carbons (Fsp3) is 0.250. The van der Waals surface area contributed by atoms with Gasteiger partial charge in [0.25, 0.3) is 0 Å². The van der Waals surface area contributed by atoms with Gasteiger partial charge >= 0.3 is 7.12 Å². The zero-order chi connectivity index (χ0) is 10.7. The van der Waals surface area contributed by atoms with Gasteiger partial charge in [-0.1, -0.05) is 12.1 Å². The van der Waals surface area contributed by atoms with Gasteiger partial charge in [0.15, 0.2) is 0 Å². The number of benzene rings is 1. The van der Waals surface area contributed by atoms with Gasteiger partial charge in [-0.15, -0.1) is 0 Å². The Labute approximate surface area is 85.9 Å². The second-order valence-electron chi connectivity index (χ2n) is 3.00. The predicted molar refractivity (Wildman–Crippen MR) is 56.4 cm³/mol. The van der Waals surface area contributed by atoms with Crippen LogP contribution in [0.4, 0.5) is 0 Å². The van der Waals surface area contributed by atoms with Crippen molar-refractivity contribution in [2.24, 2.45) is 0 Å². The summed E-state index contributed by atoms with van der Waals surface area (Å²) in [5, 5.41) is 17.7. The Balaban J connectivity index is 2.89. The van der Waals surface area contributed by atoms with Crippen molar-refractivity contribution in [3.8, 4) is 0 Å². The molecule has 0 aliphatic rings. The Bertz CT molecular complexity index is 326. The summed E-state index contributed by atoms with van der Waals surface area (Å²) in [7, 11) is 0.765. The Morgan fingerprint density at radius 3 is 2.07 bits per heavy atom. The van der Waals surface area contributed by atoms with E-state index in [2.05, 4.69) is 0 Å². The third kappa shape index (κ3) is 2.65. The lowest BCUT2D eigenvalue weighted by molar-refractivity contribution is 0.425. The summed E-state index contributed by atoms with van der Waals surface area (Å²) < 4.78 is 13.1. The zero-order valence-corrected chi connectivity index (χ0v) is 8.86. The normalized spacial score (nSPS) is 12.9. The predicted octanol–water partition coefficient (Wildman–Crippen LogP) is -1.05. The summed E-state index contributed by atoms with van der Waals surface area (Å²) in [6.07, 6.45) is 0. The molecular weight excluding hydrogens is 201 g/mol. The van der Waals surface area contributed by atoms with Gasteiger partial charge in [-0.2, -0.15) is 0 Å². The van der Waals surface area contributed by atoms with Gasteiger partial charge < -0.3 is 10.0 Å². The minimum absolute atomic E-state index is 0.393. The van der Waals surface area contributed by atoms with Crippen LogP contribution in [0.2, 0.25) is 0 Å². The highest BCUT2D eigenvalue weighted by Gasteiger charge is 2.11. The third-order valence-electron chi connectivity index (χ3n) is 1.71. The minimum atomic E-state index is -1.48. The molecule has 0 saturated carbocycles. The highest BCUT2D eigenvalue weighted by molar-refractivity contribution is 7.82. The monoisotopic (exact) mass is 213 g/mol. The van der Waals surface area contributed by atoms with Gasteiger partial charge in [0.2, 0.25) is 0 Å². The third-order valence-corrected chi connectivity index (χ3v) is 3.05. The van der Waals surface area contributed by atoms with Gasteiger partial charge in [-0.05, 0) is 31.7 Å². The van der Waals surface area contributed by atoms with Crippen molar-refractivity contribution in [1.82, 2.24) is 4.31 Å². The van der Waals surface area contributed by atoms with Crippen molar-refractivity contribution in [3.05, 3.63) is 24.3 Å². The quantitative estimate of drug-likeness (QED) is 0.630. The standard InChI is InChI=1S/C8H12BNO3S/c1-10(2)14(13)8-5-3-7(4-6-8)9(11)12/h3-6,11-12H,1-2H3. The van der Waals surface area contributed by atoms with Crippen LogP contribution in [0.5, 0.6) is 0 Å². The summed E-state index contributed by atoms with van der Waals surface area (Å²) in [5.41, 5.74) is 0.393. The van der Waals surface area contributed by atoms with Gasteiger partial charge in [0.05, 0.1) is 4.90 Å². The topological polar surface area (TPSA) is 60.8 Å². The highest BCUT2D eigenvalue weighted by Crippen LogP contribution is 2.05. The molecule has 0 aromatic heterocycles. The van der Waals surface area contributed by atoms with E-state index in [9.17, 15) is 4.21 Å². The highest BCUT2D eigenvalue weighted by atomic mass is 32.2. The van der Waals surface area contributed by atoms with E-state index in [1.165, 1.54) is 0 Å². The molecule has 0 bridgehead atoms. The first-order chi connectivity index (χ1) is 6.52. The first-order valence-electron chi connectivity index (χ1n) is 4.07. The Kier molecular flexibility index (Phi) is 3.82. The molecule has 0 aliphatic carbocycles. The van der Waals surface area contributed by atoms with Gasteiger partial charge in [0.1, 0.15) is 11.0 Å². The zero-order valence-electron chi connectivity index (χ0n) is 8.04. The Morgan fingerprint density at radius 1 is 1.21 bits per heavy atom. The molecule has 6 heteroatoms. The van der Waals surface area contributed by atoms with Crippen LogP contribution < -0.4 is 5.46 Å². The minimum Gasteiger partial charge on any atom is -0.423 e. The van der Waals surface area contributed by atoms with E-state index in [0.29, 0.717) is 10.4 Å². The van der Waals surface area contributed by atoms with Crippen molar-refractivity contribution in [2.75, 3.05) is 14.1 Å². The number of nitrogens with zero attached hydrogens (tertiary/aromatic N) is 1. The van der Waals surface area contributed by atoms with Crippen LogP contribution in [0.25, 0.3) is 0 Å². The second-order valence-corrected chi connectivity index (χ2v) is 4.70. The van der Waals surface area contributed by atoms with Crippen LogP contribution in [-0.4, -0.2) is 39.8 Å². The van der Waals surface area contributed by atoms with Crippen molar-refractivity contribution in [3.63, 3.8) is 0 Å². The van der Waals surface area contributed by atoms with Crippen LogP contribution in [0, 0.1) is 0 Å². The molecule has 14 heavy (non-hydrogen) atoms. The summed E-state index contributed by atoms with van der Waals surface area (Å²) in [4.78, 5) is 0.638. The fourth-order valence-electron chi connectivity index (χ4n) is 0.967. The molecule has 1 atom stereocenters. The Morgan fingerprint density at radius 2 is 1.71 bits per heavy atom. The van der Waals surface area contributed by atoms with Gasteiger partial charge in [-0.25, -0.2) is 8.51 Å². The molecule has 0 saturated heterocycles. The van der Waals surface area contributed by atoms with Crippen molar-refractivity contribution in [2.45, 2.75) is 4.90 Å². The van der Waals surface area contributed by atoms with Crippen LogP contribution in [-0.2, 0) is 11.0 Å². The molecule has 1 unspecified atom stereocenters. The van der Waals surface area contributed by atoms with Crippen LogP contribution in [0.15, 0.2) is 29.2 Å². The molecule has 1 rings (SSSR count). The molecule has 0 aliphatic heterocycles. The molecule has 1 aromatic carbocycles. The van der Waals surface area contributed by atoms with Crippen LogP contribution in [0.3, 0.4) is 0 Å². The lowest BCUT2D eigenvalue weighted by atomic mass is 9.81. The van der Waals surface area contributed by atoms with E-state index >= 15 is 0 Å². The van der Waals surface area contributed by atoms with E-state index in [1.54, 1.807) is 42.7 Å². The van der Waals surface area contributed by atoms with E-state index < -0.39 is 18.1 Å². The first kappa shape index (κ1) is 11.4. The summed E-state index contributed by atoms with van der Waals surface area (Å²) in [5.74, 6) is 0. The second kappa shape index (κ2) is 4.70. The largest absolute Gasteiger partial charge is 0.488 e. The van der Waals surface area contributed by atoms with Crippen LogP contribution >= 0.6 is 0 Å². The van der Waals surface area contributed by atoms with Crippen molar-refractivity contribution >= 4 is 23.6 Å². The molecule has 0 heterocycles.